The lowest BCUT2D eigenvalue weighted by atomic mass is 9.43. The number of aliphatic hydroxyl groups excluding tert-OH is 1. The first-order valence-electron chi connectivity index (χ1n) is 13.8. The van der Waals surface area contributed by atoms with Crippen molar-refractivity contribution < 1.29 is 19.4 Å². The standard InChI is InChI=1S/C28H49NO4/c1-7-33-24-14-18-8-9-19-20-10-11-21(26(31)32-6)28(20,5)15-22(29-13-12-17(2)3)25(19)27(18,4)16-23(24)30/h17-25,29-30H,7-16H2,1-6H3/t18?,19-,20-,21+,22+,23-,24-,25+,27-,28-/m0/s1. The van der Waals surface area contributed by atoms with Crippen molar-refractivity contribution in [2.24, 2.45) is 46.3 Å². The van der Waals surface area contributed by atoms with Crippen LogP contribution in [0.1, 0.15) is 86.0 Å². The van der Waals surface area contributed by atoms with Gasteiger partial charge in [0.15, 0.2) is 0 Å². The van der Waals surface area contributed by atoms with Crippen LogP contribution in [-0.4, -0.2) is 49.6 Å². The van der Waals surface area contributed by atoms with Crippen LogP contribution in [0.25, 0.3) is 0 Å². The van der Waals surface area contributed by atoms with E-state index < -0.39 is 0 Å². The third-order valence-electron chi connectivity index (χ3n) is 10.6. The number of nitrogens with one attached hydrogen (secondary N) is 1. The molecule has 0 heterocycles. The van der Waals surface area contributed by atoms with Gasteiger partial charge in [0.1, 0.15) is 0 Å². The summed E-state index contributed by atoms with van der Waals surface area (Å²) in [6, 6.07) is 0.392. The second-order valence-corrected chi connectivity index (χ2v) is 12.7. The van der Waals surface area contributed by atoms with E-state index in [1.165, 1.54) is 19.3 Å². The Morgan fingerprint density at radius 2 is 1.88 bits per heavy atom. The molecule has 4 rings (SSSR count). The van der Waals surface area contributed by atoms with Crippen LogP contribution >= 0.6 is 0 Å². The smallest absolute Gasteiger partial charge is 0.309 e. The van der Waals surface area contributed by atoms with E-state index in [0.717, 1.165) is 38.6 Å². The molecule has 0 spiro atoms. The Kier molecular flexibility index (Phi) is 7.54. The monoisotopic (exact) mass is 463 g/mol. The number of esters is 1. The molecule has 0 aliphatic heterocycles. The normalized spacial score (nSPS) is 47.0. The molecule has 0 amide bonds. The van der Waals surface area contributed by atoms with Crippen LogP contribution in [0.5, 0.6) is 0 Å². The number of hydrogen-bond donors (Lipinski definition) is 2. The minimum absolute atomic E-state index is 0.00748. The van der Waals surface area contributed by atoms with Gasteiger partial charge in [-0.25, -0.2) is 0 Å². The minimum Gasteiger partial charge on any atom is -0.469 e. The quantitative estimate of drug-likeness (QED) is 0.531. The number of aliphatic hydroxyl groups is 1. The topological polar surface area (TPSA) is 67.8 Å². The highest BCUT2D eigenvalue weighted by atomic mass is 16.5. The Balaban J connectivity index is 1.65. The summed E-state index contributed by atoms with van der Waals surface area (Å²) in [4.78, 5) is 12.8. The Morgan fingerprint density at radius 3 is 2.55 bits per heavy atom. The Bertz CT molecular complexity index is 697. The van der Waals surface area contributed by atoms with Gasteiger partial charge in [0, 0.05) is 12.6 Å². The zero-order valence-electron chi connectivity index (χ0n) is 21.9. The molecule has 0 bridgehead atoms. The Hall–Kier alpha value is -0.650. The van der Waals surface area contributed by atoms with Crippen LogP contribution in [0.15, 0.2) is 0 Å². The minimum atomic E-state index is -0.374. The van der Waals surface area contributed by atoms with Gasteiger partial charge in [-0.3, -0.25) is 4.79 Å². The van der Waals surface area contributed by atoms with Gasteiger partial charge >= 0.3 is 5.97 Å². The van der Waals surface area contributed by atoms with Crippen LogP contribution in [-0.2, 0) is 14.3 Å². The summed E-state index contributed by atoms with van der Waals surface area (Å²) in [7, 11) is 1.55. The predicted octanol–water partition coefficient (Wildman–Crippen LogP) is 4.81. The zero-order valence-corrected chi connectivity index (χ0v) is 21.9. The van der Waals surface area contributed by atoms with E-state index in [0.29, 0.717) is 42.2 Å². The maximum absolute atomic E-state index is 12.8. The summed E-state index contributed by atoms with van der Waals surface area (Å²) in [5, 5.41) is 15.1. The molecule has 4 aliphatic rings. The molecule has 10 atom stereocenters. The average molecular weight is 464 g/mol. The summed E-state index contributed by atoms with van der Waals surface area (Å²) >= 11 is 0. The Morgan fingerprint density at radius 1 is 1.12 bits per heavy atom. The molecule has 0 saturated heterocycles. The number of rotatable bonds is 7. The molecule has 4 saturated carbocycles. The number of ether oxygens (including phenoxy) is 2. The van der Waals surface area contributed by atoms with E-state index in [-0.39, 0.29) is 34.9 Å². The van der Waals surface area contributed by atoms with E-state index in [2.05, 4.69) is 33.0 Å². The number of hydrogen-bond acceptors (Lipinski definition) is 5. The lowest BCUT2D eigenvalue weighted by molar-refractivity contribution is -0.181. The first-order chi connectivity index (χ1) is 15.7. The highest BCUT2D eigenvalue weighted by Crippen LogP contribution is 2.67. The third kappa shape index (κ3) is 4.40. The van der Waals surface area contributed by atoms with Crippen LogP contribution in [0, 0.1) is 46.3 Å². The molecule has 1 unspecified atom stereocenters. The fourth-order valence-electron chi connectivity index (χ4n) is 9.12. The van der Waals surface area contributed by atoms with Gasteiger partial charge < -0.3 is 19.9 Å². The number of methoxy groups -OCH3 is 1. The summed E-state index contributed by atoms with van der Waals surface area (Å²) in [6.07, 6.45) is 8.23. The fraction of sp³-hybridized carbons (Fsp3) is 0.964. The van der Waals surface area contributed by atoms with Gasteiger partial charge in [-0.15, -0.1) is 0 Å². The summed E-state index contributed by atoms with van der Waals surface area (Å²) < 4.78 is 11.2. The van der Waals surface area contributed by atoms with Crippen LogP contribution in [0.4, 0.5) is 0 Å². The maximum atomic E-state index is 12.8. The molecule has 0 aromatic carbocycles. The molecule has 2 N–H and O–H groups in total. The summed E-state index contributed by atoms with van der Waals surface area (Å²) in [6.45, 7) is 13.2. The van der Waals surface area contributed by atoms with E-state index in [4.69, 9.17) is 9.47 Å². The molecular formula is C28H49NO4. The van der Waals surface area contributed by atoms with Crippen molar-refractivity contribution in [3.63, 3.8) is 0 Å². The molecule has 0 radical (unpaired) electrons. The van der Waals surface area contributed by atoms with Crippen LogP contribution < -0.4 is 5.32 Å². The molecule has 4 fully saturated rings. The molecule has 5 nitrogen and oxygen atoms in total. The summed E-state index contributed by atoms with van der Waals surface area (Å²) in [5.41, 5.74) is 0.129. The molecule has 5 heteroatoms. The van der Waals surface area contributed by atoms with Crippen LogP contribution in [0.2, 0.25) is 0 Å². The number of fused-ring (bicyclic) bond motifs is 5. The molecule has 0 aromatic heterocycles. The van der Waals surface area contributed by atoms with Crippen molar-refractivity contribution in [2.75, 3.05) is 20.3 Å². The van der Waals surface area contributed by atoms with Crippen molar-refractivity contribution >= 4 is 5.97 Å². The second-order valence-electron chi connectivity index (χ2n) is 12.7. The highest BCUT2D eigenvalue weighted by molar-refractivity contribution is 5.74. The average Bonchev–Trinajstić information content (AvgIpc) is 3.10. The fourth-order valence-corrected chi connectivity index (χ4v) is 9.12. The largest absolute Gasteiger partial charge is 0.469 e. The lowest BCUT2D eigenvalue weighted by Gasteiger charge is -2.64. The van der Waals surface area contributed by atoms with Gasteiger partial charge in [0.05, 0.1) is 25.2 Å². The van der Waals surface area contributed by atoms with Crippen molar-refractivity contribution in [3.05, 3.63) is 0 Å². The van der Waals surface area contributed by atoms with E-state index in [1.54, 1.807) is 7.11 Å². The van der Waals surface area contributed by atoms with E-state index in [9.17, 15) is 9.90 Å². The number of carbonyl (C=O) groups is 1. The van der Waals surface area contributed by atoms with Gasteiger partial charge in [0.25, 0.3) is 0 Å². The molecular weight excluding hydrogens is 414 g/mol. The zero-order chi connectivity index (χ0) is 24.0. The predicted molar refractivity (Wildman–Crippen MR) is 131 cm³/mol. The van der Waals surface area contributed by atoms with Crippen molar-refractivity contribution in [2.45, 2.75) is 104 Å². The molecule has 33 heavy (non-hydrogen) atoms. The summed E-state index contributed by atoms with van der Waals surface area (Å²) in [5.74, 6) is 3.04. The van der Waals surface area contributed by atoms with Crippen molar-refractivity contribution in [1.29, 1.82) is 0 Å². The molecule has 190 valence electrons. The highest BCUT2D eigenvalue weighted by Gasteiger charge is 2.65. The SMILES string of the molecule is CCO[C@H]1CC2CC[C@@H]3[C@H]([C@H](NCCC(C)C)C[C@]4(C)[C@@H](C(=O)OC)CC[C@@H]34)[C@@]2(C)C[C@@H]1O. The number of carbonyl (C=O) groups excluding carboxylic acids is 1. The first-order valence-corrected chi connectivity index (χ1v) is 13.8. The Labute approximate surface area is 201 Å². The first kappa shape index (κ1) is 25.4. The van der Waals surface area contributed by atoms with Crippen molar-refractivity contribution in [3.8, 4) is 0 Å². The van der Waals surface area contributed by atoms with Gasteiger partial charge in [-0.1, -0.05) is 27.7 Å². The van der Waals surface area contributed by atoms with Crippen molar-refractivity contribution in [1.82, 2.24) is 5.32 Å². The lowest BCUT2D eigenvalue weighted by Crippen LogP contribution is -2.64. The third-order valence-corrected chi connectivity index (χ3v) is 10.6. The van der Waals surface area contributed by atoms with Crippen LogP contribution in [0.3, 0.4) is 0 Å². The van der Waals surface area contributed by atoms with Gasteiger partial charge in [-0.2, -0.15) is 0 Å². The molecule has 0 aromatic rings. The van der Waals surface area contributed by atoms with Gasteiger partial charge in [0.2, 0.25) is 0 Å². The maximum Gasteiger partial charge on any atom is 0.309 e. The second kappa shape index (κ2) is 9.78. The van der Waals surface area contributed by atoms with E-state index in [1.807, 2.05) is 6.92 Å². The van der Waals surface area contributed by atoms with E-state index >= 15 is 0 Å². The molecule has 4 aliphatic carbocycles. The van der Waals surface area contributed by atoms with Gasteiger partial charge in [-0.05, 0) is 105 Å².